The minimum Gasteiger partial charge on any atom is -0.495 e. The van der Waals surface area contributed by atoms with Crippen molar-refractivity contribution in [2.45, 2.75) is 11.3 Å². The van der Waals surface area contributed by atoms with Gasteiger partial charge in [0.15, 0.2) is 0 Å². The average molecular weight is 273 g/mol. The van der Waals surface area contributed by atoms with Crippen molar-refractivity contribution in [3.05, 3.63) is 16.9 Å². The molecule has 0 aliphatic rings. The van der Waals surface area contributed by atoms with Gasteiger partial charge in [-0.05, 0) is 0 Å². The first kappa shape index (κ1) is 13.1. The van der Waals surface area contributed by atoms with E-state index in [1.54, 1.807) is 0 Å². The third-order valence-electron chi connectivity index (χ3n) is 1.67. The summed E-state index contributed by atoms with van der Waals surface area (Å²) < 4.78 is 51.5. The minimum absolute atomic E-state index is 0.386. The van der Waals surface area contributed by atoms with Crippen LogP contribution in [0.15, 0.2) is 11.0 Å². The highest BCUT2D eigenvalue weighted by atomic mass is 35.5. The molecule has 16 heavy (non-hydrogen) atoms. The highest BCUT2D eigenvalue weighted by molar-refractivity contribution is 7.89. The molecular formula is C7H7ClF2N2O3S. The minimum atomic E-state index is -4.13. The lowest BCUT2D eigenvalue weighted by atomic mass is 10.3. The van der Waals surface area contributed by atoms with E-state index in [1.165, 1.54) is 0 Å². The van der Waals surface area contributed by atoms with Crippen LogP contribution in [0.3, 0.4) is 0 Å². The van der Waals surface area contributed by atoms with Gasteiger partial charge in [0.25, 0.3) is 6.43 Å². The Morgan fingerprint density at radius 1 is 1.56 bits per heavy atom. The maximum Gasteiger partial charge on any atom is 0.284 e. The van der Waals surface area contributed by atoms with E-state index in [0.29, 0.717) is 0 Å². The van der Waals surface area contributed by atoms with Crippen LogP contribution in [0.5, 0.6) is 5.75 Å². The molecule has 9 heteroatoms. The Balaban J connectivity index is 3.50. The number of primary sulfonamides is 1. The second-order valence-electron chi connectivity index (χ2n) is 2.71. The van der Waals surface area contributed by atoms with E-state index < -0.39 is 32.2 Å². The zero-order chi connectivity index (χ0) is 12.5. The number of alkyl halides is 2. The standard InChI is InChI=1S/C7H7ClF2N2O3S/c1-15-3-2-4(16(11,13)14)6(8)12-5(3)7(9)10/h2,7H,1H3,(H2,11,13,14). The maximum atomic E-state index is 12.4. The zero-order valence-electron chi connectivity index (χ0n) is 7.95. The van der Waals surface area contributed by atoms with E-state index in [9.17, 15) is 17.2 Å². The summed E-state index contributed by atoms with van der Waals surface area (Å²) in [6.07, 6.45) is -2.93. The number of nitrogens with zero attached hydrogens (tertiary/aromatic N) is 1. The number of methoxy groups -OCH3 is 1. The van der Waals surface area contributed by atoms with Gasteiger partial charge in [0.2, 0.25) is 10.0 Å². The van der Waals surface area contributed by atoms with Crippen LogP contribution < -0.4 is 9.88 Å². The summed E-state index contributed by atoms with van der Waals surface area (Å²) in [6, 6.07) is 0.812. The van der Waals surface area contributed by atoms with E-state index in [2.05, 4.69) is 9.72 Å². The fraction of sp³-hybridized carbons (Fsp3) is 0.286. The van der Waals surface area contributed by atoms with Gasteiger partial charge >= 0.3 is 0 Å². The number of sulfonamides is 1. The lowest BCUT2D eigenvalue weighted by Gasteiger charge is -2.09. The predicted molar refractivity (Wildman–Crippen MR) is 52.1 cm³/mol. The van der Waals surface area contributed by atoms with Gasteiger partial charge in [0.1, 0.15) is 21.5 Å². The summed E-state index contributed by atoms with van der Waals surface area (Å²) in [7, 11) is -3.03. The first-order valence-electron chi connectivity index (χ1n) is 3.82. The fourth-order valence-corrected chi connectivity index (χ4v) is 2.01. The van der Waals surface area contributed by atoms with Crippen LogP contribution in [0.1, 0.15) is 12.1 Å². The Morgan fingerprint density at radius 2 is 2.12 bits per heavy atom. The summed E-state index contributed by atoms with van der Waals surface area (Å²) in [5.41, 5.74) is -0.736. The molecule has 0 aromatic carbocycles. The van der Waals surface area contributed by atoms with Crippen molar-refractivity contribution in [1.29, 1.82) is 0 Å². The molecule has 0 spiro atoms. The van der Waals surface area contributed by atoms with E-state index in [4.69, 9.17) is 16.7 Å². The molecule has 0 bridgehead atoms. The van der Waals surface area contributed by atoms with Crippen molar-refractivity contribution in [1.82, 2.24) is 4.98 Å². The van der Waals surface area contributed by atoms with E-state index in [1.807, 2.05) is 0 Å². The summed E-state index contributed by atoms with van der Waals surface area (Å²) in [5, 5.41) is 4.20. The molecule has 0 saturated heterocycles. The Bertz CT molecular complexity index is 507. The third kappa shape index (κ3) is 2.57. The number of hydrogen-bond acceptors (Lipinski definition) is 4. The van der Waals surface area contributed by atoms with Gasteiger partial charge in [-0.15, -0.1) is 0 Å². The monoisotopic (exact) mass is 272 g/mol. The molecule has 0 saturated carbocycles. The number of hydrogen-bond donors (Lipinski definition) is 1. The van der Waals surface area contributed by atoms with Crippen molar-refractivity contribution in [3.8, 4) is 5.75 Å². The molecule has 1 aromatic heterocycles. The molecule has 2 N–H and O–H groups in total. The molecule has 90 valence electrons. The van der Waals surface area contributed by atoms with Gasteiger partial charge in [-0.1, -0.05) is 11.6 Å². The van der Waals surface area contributed by atoms with Crippen LogP contribution in [0.2, 0.25) is 5.15 Å². The molecule has 0 radical (unpaired) electrons. The molecule has 0 amide bonds. The molecule has 5 nitrogen and oxygen atoms in total. The highest BCUT2D eigenvalue weighted by Crippen LogP contribution is 2.32. The number of rotatable bonds is 3. The largest absolute Gasteiger partial charge is 0.495 e. The molecule has 1 aromatic rings. The molecule has 0 aliphatic carbocycles. The van der Waals surface area contributed by atoms with E-state index in [-0.39, 0.29) is 5.75 Å². The van der Waals surface area contributed by atoms with Gasteiger partial charge in [-0.3, -0.25) is 0 Å². The van der Waals surface area contributed by atoms with Crippen molar-refractivity contribution < 1.29 is 21.9 Å². The quantitative estimate of drug-likeness (QED) is 0.842. The number of nitrogens with two attached hydrogens (primary N) is 1. The normalized spacial score (nSPS) is 11.9. The van der Waals surface area contributed by atoms with Crippen LogP contribution in [-0.2, 0) is 10.0 Å². The van der Waals surface area contributed by atoms with Gasteiger partial charge in [0, 0.05) is 6.07 Å². The molecule has 0 aliphatic heterocycles. The van der Waals surface area contributed by atoms with E-state index in [0.717, 1.165) is 13.2 Å². The van der Waals surface area contributed by atoms with Crippen LogP contribution in [-0.4, -0.2) is 20.5 Å². The van der Waals surface area contributed by atoms with Crippen molar-refractivity contribution in [3.63, 3.8) is 0 Å². The molecule has 0 unspecified atom stereocenters. The second-order valence-corrected chi connectivity index (χ2v) is 4.60. The summed E-state index contributed by atoms with van der Waals surface area (Å²) in [4.78, 5) is 2.68. The highest BCUT2D eigenvalue weighted by Gasteiger charge is 2.23. The molecular weight excluding hydrogens is 266 g/mol. The van der Waals surface area contributed by atoms with Crippen LogP contribution in [0.25, 0.3) is 0 Å². The Kier molecular flexibility index (Phi) is 3.66. The van der Waals surface area contributed by atoms with Gasteiger partial charge in [-0.25, -0.2) is 27.3 Å². The predicted octanol–water partition coefficient (Wildman–Crippen LogP) is 1.33. The number of halogens is 3. The van der Waals surface area contributed by atoms with Crippen LogP contribution >= 0.6 is 11.6 Å². The Morgan fingerprint density at radius 3 is 2.50 bits per heavy atom. The Hall–Kier alpha value is -0.990. The maximum absolute atomic E-state index is 12.4. The first-order valence-corrected chi connectivity index (χ1v) is 5.75. The van der Waals surface area contributed by atoms with Gasteiger partial charge < -0.3 is 4.74 Å². The smallest absolute Gasteiger partial charge is 0.284 e. The Labute approximate surface area is 95.2 Å². The molecule has 0 fully saturated rings. The topological polar surface area (TPSA) is 82.3 Å². The molecule has 1 rings (SSSR count). The fourth-order valence-electron chi connectivity index (χ4n) is 0.988. The summed E-state index contributed by atoms with van der Waals surface area (Å²) >= 11 is 5.43. The number of aromatic nitrogens is 1. The lowest BCUT2D eigenvalue weighted by molar-refractivity contribution is 0.141. The third-order valence-corrected chi connectivity index (χ3v) is 2.99. The first-order chi connectivity index (χ1) is 7.27. The molecule has 1 heterocycles. The average Bonchev–Trinajstić information content (AvgIpc) is 2.15. The number of pyridine rings is 1. The van der Waals surface area contributed by atoms with Crippen LogP contribution in [0, 0.1) is 0 Å². The van der Waals surface area contributed by atoms with E-state index >= 15 is 0 Å². The van der Waals surface area contributed by atoms with Crippen molar-refractivity contribution in [2.75, 3.05) is 7.11 Å². The summed E-state index contributed by atoms with van der Waals surface area (Å²) in [5.74, 6) is -0.386. The van der Waals surface area contributed by atoms with Gasteiger partial charge in [-0.2, -0.15) is 0 Å². The van der Waals surface area contributed by atoms with Gasteiger partial charge in [0.05, 0.1) is 7.11 Å². The van der Waals surface area contributed by atoms with Crippen LogP contribution in [0.4, 0.5) is 8.78 Å². The molecule has 0 atom stereocenters. The van der Waals surface area contributed by atoms with Crippen molar-refractivity contribution in [2.24, 2.45) is 5.14 Å². The zero-order valence-corrected chi connectivity index (χ0v) is 9.52. The second kappa shape index (κ2) is 4.48. The lowest BCUT2D eigenvalue weighted by Crippen LogP contribution is -2.14. The number of ether oxygens (including phenoxy) is 1. The summed E-state index contributed by atoms with van der Waals surface area (Å²) in [6.45, 7) is 0. The van der Waals surface area contributed by atoms with Crippen molar-refractivity contribution >= 4 is 21.6 Å². The SMILES string of the molecule is COc1cc(S(N)(=O)=O)c(Cl)nc1C(F)F.